The molecule has 7 heteroatoms. The van der Waals surface area contributed by atoms with Gasteiger partial charge in [0.2, 0.25) is 0 Å². The zero-order valence-electron chi connectivity index (χ0n) is 12.1. The average molecular weight is 318 g/mol. The van der Waals surface area contributed by atoms with E-state index in [9.17, 15) is 14.0 Å². The van der Waals surface area contributed by atoms with Crippen LogP contribution in [0.3, 0.4) is 0 Å². The minimum absolute atomic E-state index is 0.224. The maximum Gasteiger partial charge on any atom is 0.262 e. The number of carbonyl (C=O) groups excluding carboxylic acids is 2. The maximum absolute atomic E-state index is 12.7. The third-order valence-electron chi connectivity index (χ3n) is 2.68. The highest BCUT2D eigenvalue weighted by atomic mass is 19.1. The number of amides is 2. The van der Waals surface area contributed by atoms with E-state index in [-0.39, 0.29) is 24.9 Å². The van der Waals surface area contributed by atoms with Gasteiger partial charge in [-0.05, 0) is 36.4 Å². The molecule has 6 nitrogen and oxygen atoms in total. The SMILES string of the molecule is NC(=O)COc1cccc(NC(=O)COc2ccc(F)cc2)c1. The average Bonchev–Trinajstić information content (AvgIpc) is 2.53. The van der Waals surface area contributed by atoms with Crippen molar-refractivity contribution in [3.63, 3.8) is 0 Å². The van der Waals surface area contributed by atoms with Crippen molar-refractivity contribution in [1.29, 1.82) is 0 Å². The largest absolute Gasteiger partial charge is 0.484 e. The van der Waals surface area contributed by atoms with Crippen LogP contribution < -0.4 is 20.5 Å². The van der Waals surface area contributed by atoms with E-state index in [4.69, 9.17) is 15.2 Å². The summed E-state index contributed by atoms with van der Waals surface area (Å²) in [7, 11) is 0. The van der Waals surface area contributed by atoms with Crippen molar-refractivity contribution in [2.45, 2.75) is 0 Å². The normalized spacial score (nSPS) is 9.96. The molecule has 0 spiro atoms. The summed E-state index contributed by atoms with van der Waals surface area (Å²) < 4.78 is 23.1. The lowest BCUT2D eigenvalue weighted by Crippen LogP contribution is -2.21. The standard InChI is InChI=1S/C16H15FN2O4/c17-11-4-6-13(7-5-11)23-10-16(21)19-12-2-1-3-14(8-12)22-9-15(18)20/h1-8H,9-10H2,(H2,18,20)(H,19,21). The smallest absolute Gasteiger partial charge is 0.262 e. The molecule has 2 amide bonds. The van der Waals surface area contributed by atoms with E-state index in [2.05, 4.69) is 5.32 Å². The lowest BCUT2D eigenvalue weighted by molar-refractivity contribution is -0.120. The Hall–Kier alpha value is -3.09. The van der Waals surface area contributed by atoms with E-state index in [0.29, 0.717) is 17.2 Å². The Bertz CT molecular complexity index is 689. The van der Waals surface area contributed by atoms with Gasteiger partial charge in [0.05, 0.1) is 0 Å². The molecule has 0 aliphatic carbocycles. The Labute approximate surface area is 132 Å². The number of ether oxygens (including phenoxy) is 2. The second kappa shape index (κ2) is 7.79. The van der Waals surface area contributed by atoms with Gasteiger partial charge in [-0.3, -0.25) is 9.59 Å². The fourth-order valence-corrected chi connectivity index (χ4v) is 1.69. The fourth-order valence-electron chi connectivity index (χ4n) is 1.69. The van der Waals surface area contributed by atoms with E-state index in [1.165, 1.54) is 24.3 Å². The van der Waals surface area contributed by atoms with E-state index in [1.807, 2.05) is 0 Å². The van der Waals surface area contributed by atoms with Gasteiger partial charge in [-0.25, -0.2) is 4.39 Å². The van der Waals surface area contributed by atoms with Gasteiger partial charge in [-0.1, -0.05) is 6.07 Å². The number of benzene rings is 2. The molecule has 2 aromatic carbocycles. The van der Waals surface area contributed by atoms with Crippen LogP contribution in [0.2, 0.25) is 0 Å². The molecule has 0 aliphatic heterocycles. The molecule has 0 heterocycles. The fraction of sp³-hybridized carbons (Fsp3) is 0.125. The minimum Gasteiger partial charge on any atom is -0.484 e. The second-order valence-corrected chi connectivity index (χ2v) is 4.57. The third-order valence-corrected chi connectivity index (χ3v) is 2.68. The van der Waals surface area contributed by atoms with Crippen molar-refractivity contribution in [3.8, 4) is 11.5 Å². The predicted octanol–water partition coefficient (Wildman–Crippen LogP) is 1.71. The number of halogens is 1. The molecule has 0 atom stereocenters. The number of hydrogen-bond acceptors (Lipinski definition) is 4. The highest BCUT2D eigenvalue weighted by Crippen LogP contribution is 2.17. The van der Waals surface area contributed by atoms with E-state index >= 15 is 0 Å². The van der Waals surface area contributed by atoms with E-state index in [0.717, 1.165) is 0 Å². The lowest BCUT2D eigenvalue weighted by atomic mass is 10.3. The van der Waals surface area contributed by atoms with Crippen LogP contribution in [-0.4, -0.2) is 25.0 Å². The van der Waals surface area contributed by atoms with E-state index in [1.54, 1.807) is 24.3 Å². The summed E-state index contributed by atoms with van der Waals surface area (Å²) in [6.07, 6.45) is 0. The highest BCUT2D eigenvalue weighted by molar-refractivity contribution is 5.92. The first-order valence-corrected chi connectivity index (χ1v) is 6.72. The van der Waals surface area contributed by atoms with Gasteiger partial charge < -0.3 is 20.5 Å². The molecular weight excluding hydrogens is 303 g/mol. The van der Waals surface area contributed by atoms with Gasteiger partial charge in [-0.15, -0.1) is 0 Å². The van der Waals surface area contributed by atoms with Crippen molar-refractivity contribution in [1.82, 2.24) is 0 Å². The molecule has 0 aromatic heterocycles. The monoisotopic (exact) mass is 318 g/mol. The molecule has 0 unspecified atom stereocenters. The van der Waals surface area contributed by atoms with Gasteiger partial charge in [-0.2, -0.15) is 0 Å². The zero-order valence-corrected chi connectivity index (χ0v) is 12.1. The van der Waals surface area contributed by atoms with Crippen molar-refractivity contribution in [2.24, 2.45) is 5.73 Å². The Morgan fingerprint density at radius 3 is 2.39 bits per heavy atom. The van der Waals surface area contributed by atoms with Crippen LogP contribution in [0.5, 0.6) is 11.5 Å². The second-order valence-electron chi connectivity index (χ2n) is 4.57. The molecule has 2 rings (SSSR count). The summed E-state index contributed by atoms with van der Waals surface area (Å²) in [6, 6.07) is 11.9. The summed E-state index contributed by atoms with van der Waals surface area (Å²) in [5, 5.41) is 2.62. The Kier molecular flexibility index (Phi) is 5.51. The van der Waals surface area contributed by atoms with Crippen molar-refractivity contribution < 1.29 is 23.5 Å². The Morgan fingerprint density at radius 2 is 1.70 bits per heavy atom. The summed E-state index contributed by atoms with van der Waals surface area (Å²) >= 11 is 0. The van der Waals surface area contributed by atoms with Gasteiger partial charge in [0.15, 0.2) is 13.2 Å². The highest BCUT2D eigenvalue weighted by Gasteiger charge is 2.05. The molecule has 0 radical (unpaired) electrons. The Balaban J connectivity index is 1.86. The maximum atomic E-state index is 12.7. The van der Waals surface area contributed by atoms with Gasteiger partial charge in [0.1, 0.15) is 17.3 Å². The Morgan fingerprint density at radius 1 is 1.00 bits per heavy atom. The van der Waals surface area contributed by atoms with Crippen LogP contribution in [0.4, 0.5) is 10.1 Å². The molecule has 23 heavy (non-hydrogen) atoms. The molecule has 0 aliphatic rings. The van der Waals surface area contributed by atoms with Crippen LogP contribution in [0.25, 0.3) is 0 Å². The summed E-state index contributed by atoms with van der Waals surface area (Å²) in [5.41, 5.74) is 5.48. The number of anilines is 1. The zero-order chi connectivity index (χ0) is 16.7. The molecule has 0 fully saturated rings. The van der Waals surface area contributed by atoms with Crippen LogP contribution >= 0.6 is 0 Å². The first kappa shape index (κ1) is 16.3. The van der Waals surface area contributed by atoms with E-state index < -0.39 is 5.91 Å². The minimum atomic E-state index is -0.591. The molecule has 3 N–H and O–H groups in total. The summed E-state index contributed by atoms with van der Waals surface area (Å²) in [4.78, 5) is 22.5. The van der Waals surface area contributed by atoms with Gasteiger partial charge >= 0.3 is 0 Å². The molecule has 120 valence electrons. The number of nitrogens with two attached hydrogens (primary N) is 1. The quantitative estimate of drug-likeness (QED) is 0.813. The summed E-state index contributed by atoms with van der Waals surface area (Å²) in [6.45, 7) is -0.469. The number of primary amides is 1. The molecule has 2 aromatic rings. The van der Waals surface area contributed by atoms with Crippen LogP contribution in [0.15, 0.2) is 48.5 Å². The first-order valence-electron chi connectivity index (χ1n) is 6.72. The van der Waals surface area contributed by atoms with Gasteiger partial charge in [0.25, 0.3) is 11.8 Å². The number of carbonyl (C=O) groups is 2. The van der Waals surface area contributed by atoms with Crippen LogP contribution in [0, 0.1) is 5.82 Å². The topological polar surface area (TPSA) is 90.7 Å². The summed E-state index contributed by atoms with van der Waals surface area (Å²) in [5.74, 6) is -0.566. The molecule has 0 saturated carbocycles. The van der Waals surface area contributed by atoms with Crippen LogP contribution in [0.1, 0.15) is 0 Å². The molecule has 0 saturated heterocycles. The third kappa shape index (κ3) is 5.66. The van der Waals surface area contributed by atoms with Crippen molar-refractivity contribution >= 4 is 17.5 Å². The first-order chi connectivity index (χ1) is 11.0. The number of hydrogen-bond donors (Lipinski definition) is 2. The lowest BCUT2D eigenvalue weighted by Gasteiger charge is -2.09. The van der Waals surface area contributed by atoms with Gasteiger partial charge in [0, 0.05) is 11.8 Å². The molecular formula is C16H15FN2O4. The van der Waals surface area contributed by atoms with Crippen molar-refractivity contribution in [2.75, 3.05) is 18.5 Å². The number of nitrogens with one attached hydrogen (secondary N) is 1. The van der Waals surface area contributed by atoms with Crippen LogP contribution in [-0.2, 0) is 9.59 Å². The molecule has 0 bridgehead atoms. The van der Waals surface area contributed by atoms with Crippen molar-refractivity contribution in [3.05, 3.63) is 54.3 Å². The number of rotatable bonds is 7. The predicted molar refractivity (Wildman–Crippen MR) is 81.7 cm³/mol.